The quantitative estimate of drug-likeness (QED) is 0.131. The third-order valence-corrected chi connectivity index (χ3v) is 6.66. The summed E-state index contributed by atoms with van der Waals surface area (Å²) in [6.07, 6.45) is 0.397. The van der Waals surface area contributed by atoms with Crippen molar-refractivity contribution < 1.29 is 31.4 Å². The minimum atomic E-state index is -4.74. The van der Waals surface area contributed by atoms with Crippen molar-refractivity contribution in [2.75, 3.05) is 6.61 Å². The first-order valence-corrected chi connectivity index (χ1v) is 13.2. The molecule has 39 heavy (non-hydrogen) atoms. The molecule has 206 valence electrons. The summed E-state index contributed by atoms with van der Waals surface area (Å²) in [5, 5.41) is 1.26. The van der Waals surface area contributed by atoms with Crippen molar-refractivity contribution in [3.8, 4) is 11.5 Å². The van der Waals surface area contributed by atoms with Crippen LogP contribution < -0.4 is 9.47 Å². The van der Waals surface area contributed by atoms with Crippen LogP contribution in [0.4, 0.5) is 22.0 Å². The number of rotatable bonds is 12. The van der Waals surface area contributed by atoms with Gasteiger partial charge in [-0.2, -0.15) is 0 Å². The summed E-state index contributed by atoms with van der Waals surface area (Å²) in [5.41, 5.74) is 2.90. The summed E-state index contributed by atoms with van der Waals surface area (Å²) in [5.74, 6) is -0.346. The maximum absolute atomic E-state index is 15.2. The van der Waals surface area contributed by atoms with Gasteiger partial charge in [0, 0.05) is 11.5 Å². The first-order chi connectivity index (χ1) is 18.7. The highest BCUT2D eigenvalue weighted by Gasteiger charge is 2.30. The molecule has 0 radical (unpaired) electrons. The van der Waals surface area contributed by atoms with E-state index in [1.165, 1.54) is 18.2 Å². The summed E-state index contributed by atoms with van der Waals surface area (Å²) in [6.45, 7) is 2.70. The Morgan fingerprint density at radius 3 is 2.05 bits per heavy atom. The second-order valence-corrected chi connectivity index (χ2v) is 9.59. The van der Waals surface area contributed by atoms with Crippen LogP contribution in [0.3, 0.4) is 0 Å². The molecule has 2 nitrogen and oxygen atoms in total. The number of fused-ring (bicyclic) bond motifs is 1. The Kier molecular flexibility index (Phi) is 9.44. The van der Waals surface area contributed by atoms with Gasteiger partial charge < -0.3 is 9.47 Å². The molecule has 0 saturated carbocycles. The number of hydrogen-bond donors (Lipinski definition) is 0. The van der Waals surface area contributed by atoms with Crippen LogP contribution in [-0.2, 0) is 25.7 Å². The van der Waals surface area contributed by atoms with E-state index >= 15 is 4.39 Å². The van der Waals surface area contributed by atoms with Gasteiger partial charge in [0.2, 0.25) is 0 Å². The molecule has 4 aromatic carbocycles. The SMILES string of the molecule is CCCCCOc1ccc(CCc2ccc3c(F)c(CCc4ccc(OC(F)(F)F)cc4)ccc3c2)c(F)c1. The largest absolute Gasteiger partial charge is 0.573 e. The Hall–Kier alpha value is -3.61. The molecule has 0 amide bonds. The Morgan fingerprint density at radius 2 is 1.33 bits per heavy atom. The van der Waals surface area contributed by atoms with Crippen molar-refractivity contribution in [3.63, 3.8) is 0 Å². The summed E-state index contributed by atoms with van der Waals surface area (Å²) >= 11 is 0. The number of ether oxygens (including phenoxy) is 2. The van der Waals surface area contributed by atoms with Crippen LogP contribution in [-0.4, -0.2) is 13.0 Å². The van der Waals surface area contributed by atoms with Crippen LogP contribution >= 0.6 is 0 Å². The normalized spacial score (nSPS) is 11.6. The Balaban J connectivity index is 1.35. The van der Waals surface area contributed by atoms with E-state index in [1.807, 2.05) is 18.2 Å². The number of unbranched alkanes of at least 4 members (excludes halogenated alkanes) is 2. The second-order valence-electron chi connectivity index (χ2n) is 9.59. The Morgan fingerprint density at radius 1 is 0.667 bits per heavy atom. The van der Waals surface area contributed by atoms with E-state index in [9.17, 15) is 17.6 Å². The highest BCUT2D eigenvalue weighted by atomic mass is 19.4. The van der Waals surface area contributed by atoms with Crippen molar-refractivity contribution in [2.45, 2.75) is 58.2 Å². The van der Waals surface area contributed by atoms with Crippen LogP contribution in [0.25, 0.3) is 10.8 Å². The van der Waals surface area contributed by atoms with Gasteiger partial charge in [-0.25, -0.2) is 8.78 Å². The van der Waals surface area contributed by atoms with Gasteiger partial charge >= 0.3 is 6.36 Å². The van der Waals surface area contributed by atoms with E-state index in [0.717, 1.165) is 35.8 Å². The van der Waals surface area contributed by atoms with Crippen LogP contribution in [0.2, 0.25) is 0 Å². The minimum absolute atomic E-state index is 0.287. The maximum Gasteiger partial charge on any atom is 0.573 e. The van der Waals surface area contributed by atoms with E-state index in [2.05, 4.69) is 11.7 Å². The lowest BCUT2D eigenvalue weighted by Gasteiger charge is -2.11. The average Bonchev–Trinajstić information content (AvgIpc) is 2.90. The van der Waals surface area contributed by atoms with Crippen LogP contribution in [0.15, 0.2) is 72.8 Å². The molecule has 0 saturated heterocycles. The number of aryl methyl sites for hydroxylation is 4. The maximum atomic E-state index is 15.2. The summed E-state index contributed by atoms with van der Waals surface area (Å²) in [7, 11) is 0. The summed E-state index contributed by atoms with van der Waals surface area (Å²) in [6, 6.07) is 19.7. The Bertz CT molecular complexity index is 1380. The van der Waals surface area contributed by atoms with Crippen molar-refractivity contribution >= 4 is 10.8 Å². The zero-order valence-corrected chi connectivity index (χ0v) is 21.8. The molecule has 0 aliphatic heterocycles. The second kappa shape index (κ2) is 13.0. The number of alkyl halides is 3. The Labute approximate surface area is 225 Å². The van der Waals surface area contributed by atoms with Gasteiger partial charge in [-0.1, -0.05) is 68.3 Å². The lowest BCUT2D eigenvalue weighted by molar-refractivity contribution is -0.274. The number of benzene rings is 4. The molecule has 0 aliphatic rings. The van der Waals surface area contributed by atoms with Crippen molar-refractivity contribution in [1.29, 1.82) is 0 Å². The third kappa shape index (κ3) is 8.19. The predicted molar refractivity (Wildman–Crippen MR) is 143 cm³/mol. The number of hydrogen-bond acceptors (Lipinski definition) is 2. The van der Waals surface area contributed by atoms with Gasteiger partial charge in [0.15, 0.2) is 0 Å². The summed E-state index contributed by atoms with van der Waals surface area (Å²) < 4.78 is 76.3. The molecule has 0 N–H and O–H groups in total. The molecular weight excluding hydrogens is 511 g/mol. The zero-order chi connectivity index (χ0) is 27.8. The zero-order valence-electron chi connectivity index (χ0n) is 21.8. The van der Waals surface area contributed by atoms with E-state index in [0.29, 0.717) is 54.6 Å². The van der Waals surface area contributed by atoms with Crippen LogP contribution in [0.1, 0.15) is 48.4 Å². The lowest BCUT2D eigenvalue weighted by Crippen LogP contribution is -2.17. The average molecular weight is 543 g/mol. The van der Waals surface area contributed by atoms with Gasteiger partial charge in [-0.05, 0) is 77.9 Å². The molecule has 0 aromatic heterocycles. The van der Waals surface area contributed by atoms with Gasteiger partial charge in [-0.15, -0.1) is 13.2 Å². The predicted octanol–water partition coefficient (Wildman–Crippen LogP) is 9.16. The van der Waals surface area contributed by atoms with Crippen LogP contribution in [0.5, 0.6) is 11.5 Å². The molecular formula is C32H31F5O2. The van der Waals surface area contributed by atoms with Crippen LogP contribution in [0, 0.1) is 11.6 Å². The highest BCUT2D eigenvalue weighted by molar-refractivity contribution is 5.84. The first kappa shape index (κ1) is 28.4. The molecule has 0 aliphatic carbocycles. The third-order valence-electron chi connectivity index (χ3n) is 6.66. The van der Waals surface area contributed by atoms with Gasteiger partial charge in [-0.3, -0.25) is 0 Å². The monoisotopic (exact) mass is 542 g/mol. The first-order valence-electron chi connectivity index (χ1n) is 13.2. The fourth-order valence-electron chi connectivity index (χ4n) is 4.51. The van der Waals surface area contributed by atoms with E-state index in [4.69, 9.17) is 4.74 Å². The van der Waals surface area contributed by atoms with Gasteiger partial charge in [0.25, 0.3) is 0 Å². The van der Waals surface area contributed by atoms with Crippen molar-refractivity contribution in [3.05, 3.63) is 107 Å². The van der Waals surface area contributed by atoms with Crippen molar-refractivity contribution in [2.24, 2.45) is 0 Å². The highest BCUT2D eigenvalue weighted by Crippen LogP contribution is 2.26. The smallest absolute Gasteiger partial charge is 0.493 e. The van der Waals surface area contributed by atoms with E-state index < -0.39 is 6.36 Å². The fraction of sp³-hybridized carbons (Fsp3) is 0.312. The molecule has 4 rings (SSSR count). The molecule has 0 heterocycles. The topological polar surface area (TPSA) is 18.5 Å². The molecule has 0 atom stereocenters. The molecule has 4 aromatic rings. The molecule has 0 unspecified atom stereocenters. The fourth-order valence-corrected chi connectivity index (χ4v) is 4.51. The minimum Gasteiger partial charge on any atom is -0.493 e. The van der Waals surface area contributed by atoms with Gasteiger partial charge in [0.1, 0.15) is 23.1 Å². The molecule has 0 spiro atoms. The van der Waals surface area contributed by atoms with E-state index in [1.54, 1.807) is 36.4 Å². The molecule has 0 fully saturated rings. The number of halogens is 5. The van der Waals surface area contributed by atoms with Gasteiger partial charge in [0.05, 0.1) is 6.61 Å². The van der Waals surface area contributed by atoms with E-state index in [-0.39, 0.29) is 17.4 Å². The molecule has 7 heteroatoms. The van der Waals surface area contributed by atoms with Crippen molar-refractivity contribution in [1.82, 2.24) is 0 Å². The standard InChI is InChI=1S/C32H31F5O2/c1-2-3-4-19-38-28-17-14-24(30(33)21-28)10-6-23-9-18-29-26(20-23)13-12-25(31(29)34)11-5-22-7-15-27(16-8-22)39-32(35,36)37/h7-9,12-18,20-21H,2-6,10-11,19H2,1H3. The molecule has 0 bridgehead atoms. The summed E-state index contributed by atoms with van der Waals surface area (Å²) in [4.78, 5) is 0. The lowest BCUT2D eigenvalue weighted by atomic mass is 9.97.